The summed E-state index contributed by atoms with van der Waals surface area (Å²) < 4.78 is 0. The number of hydrogen-bond donors (Lipinski definition) is 1. The molecular formula is C12H14Cl2N2. The Bertz CT molecular complexity index is 433. The molecule has 86 valence electrons. The number of fused-ring (bicyclic) bond motifs is 3. The summed E-state index contributed by atoms with van der Waals surface area (Å²) in [5.74, 6) is 0. The first-order valence-corrected chi connectivity index (χ1v) is 6.40. The van der Waals surface area contributed by atoms with Crippen LogP contribution in [0.5, 0.6) is 0 Å². The molecule has 2 nitrogen and oxygen atoms in total. The SMILES string of the molecule is CC1CNCC2Cc3ccc(Cl)c(Cl)c3N12. The summed E-state index contributed by atoms with van der Waals surface area (Å²) in [5, 5.41) is 4.83. The molecule has 2 unspecified atom stereocenters. The van der Waals surface area contributed by atoms with E-state index in [1.165, 1.54) is 5.56 Å². The van der Waals surface area contributed by atoms with Gasteiger partial charge in [0.25, 0.3) is 0 Å². The first-order valence-electron chi connectivity index (χ1n) is 5.64. The number of rotatable bonds is 0. The number of piperazine rings is 1. The highest BCUT2D eigenvalue weighted by atomic mass is 35.5. The minimum Gasteiger partial charge on any atom is -0.361 e. The molecule has 2 aliphatic rings. The second-order valence-electron chi connectivity index (χ2n) is 4.64. The van der Waals surface area contributed by atoms with Crippen molar-refractivity contribution < 1.29 is 0 Å². The van der Waals surface area contributed by atoms with Crippen LogP contribution in [-0.2, 0) is 6.42 Å². The lowest BCUT2D eigenvalue weighted by Gasteiger charge is -2.38. The van der Waals surface area contributed by atoms with E-state index in [0.29, 0.717) is 17.1 Å². The van der Waals surface area contributed by atoms with Crippen molar-refractivity contribution in [3.8, 4) is 0 Å². The van der Waals surface area contributed by atoms with Crippen LogP contribution in [0, 0.1) is 0 Å². The first-order chi connectivity index (χ1) is 7.68. The molecule has 0 aromatic heterocycles. The molecule has 1 fully saturated rings. The van der Waals surface area contributed by atoms with Crippen LogP contribution in [0.3, 0.4) is 0 Å². The molecule has 1 aromatic rings. The Morgan fingerprint density at radius 2 is 2.12 bits per heavy atom. The standard InChI is InChI=1S/C12H14Cl2N2/c1-7-5-15-6-9-4-8-2-3-10(13)11(14)12(8)16(7)9/h2-3,7,9,15H,4-6H2,1H3. The Kier molecular flexibility index (Phi) is 2.54. The van der Waals surface area contributed by atoms with Crippen molar-refractivity contribution in [2.75, 3.05) is 18.0 Å². The quantitative estimate of drug-likeness (QED) is 0.768. The summed E-state index contributed by atoms with van der Waals surface area (Å²) in [6, 6.07) is 5.03. The Hall–Kier alpha value is -0.440. The number of nitrogens with one attached hydrogen (secondary N) is 1. The lowest BCUT2D eigenvalue weighted by atomic mass is 10.1. The van der Waals surface area contributed by atoms with Crippen LogP contribution in [0.2, 0.25) is 10.0 Å². The maximum absolute atomic E-state index is 6.33. The third kappa shape index (κ3) is 1.44. The van der Waals surface area contributed by atoms with E-state index < -0.39 is 0 Å². The number of benzene rings is 1. The van der Waals surface area contributed by atoms with Crippen LogP contribution < -0.4 is 10.2 Å². The molecule has 2 aliphatic heterocycles. The third-order valence-corrected chi connectivity index (χ3v) is 4.35. The third-order valence-electron chi connectivity index (χ3n) is 3.55. The van der Waals surface area contributed by atoms with Gasteiger partial charge in [0.1, 0.15) is 0 Å². The Balaban J connectivity index is 2.11. The predicted octanol–water partition coefficient (Wildman–Crippen LogP) is 2.72. The Labute approximate surface area is 106 Å². The summed E-state index contributed by atoms with van der Waals surface area (Å²) >= 11 is 12.4. The van der Waals surface area contributed by atoms with Crippen LogP contribution in [0.15, 0.2) is 12.1 Å². The number of hydrogen-bond acceptors (Lipinski definition) is 2. The fourth-order valence-electron chi connectivity index (χ4n) is 2.87. The molecule has 16 heavy (non-hydrogen) atoms. The highest BCUT2D eigenvalue weighted by Gasteiger charge is 2.36. The van der Waals surface area contributed by atoms with E-state index in [1.807, 2.05) is 6.07 Å². The van der Waals surface area contributed by atoms with E-state index in [4.69, 9.17) is 23.2 Å². The molecule has 0 radical (unpaired) electrons. The summed E-state index contributed by atoms with van der Waals surface area (Å²) in [7, 11) is 0. The summed E-state index contributed by atoms with van der Waals surface area (Å²) in [5.41, 5.74) is 2.49. The van der Waals surface area contributed by atoms with Crippen LogP contribution in [0.1, 0.15) is 12.5 Å². The van der Waals surface area contributed by atoms with E-state index in [9.17, 15) is 0 Å². The van der Waals surface area contributed by atoms with E-state index in [2.05, 4.69) is 23.2 Å². The molecule has 2 heterocycles. The topological polar surface area (TPSA) is 15.3 Å². The first kappa shape index (κ1) is 10.7. The molecule has 3 rings (SSSR count). The molecule has 1 aromatic carbocycles. The zero-order valence-corrected chi connectivity index (χ0v) is 10.6. The smallest absolute Gasteiger partial charge is 0.0828 e. The van der Waals surface area contributed by atoms with Crippen molar-refractivity contribution in [1.29, 1.82) is 0 Å². The zero-order chi connectivity index (χ0) is 11.3. The van der Waals surface area contributed by atoms with Gasteiger partial charge < -0.3 is 10.2 Å². The van der Waals surface area contributed by atoms with Gasteiger partial charge in [0.05, 0.1) is 15.7 Å². The molecule has 2 atom stereocenters. The number of halogens is 2. The average Bonchev–Trinajstić information content (AvgIpc) is 2.64. The van der Waals surface area contributed by atoms with Crippen molar-refractivity contribution in [3.63, 3.8) is 0 Å². The monoisotopic (exact) mass is 256 g/mol. The predicted molar refractivity (Wildman–Crippen MR) is 68.8 cm³/mol. The van der Waals surface area contributed by atoms with Gasteiger partial charge in [0.2, 0.25) is 0 Å². The molecule has 0 amide bonds. The lowest BCUT2D eigenvalue weighted by Crippen LogP contribution is -2.54. The van der Waals surface area contributed by atoms with E-state index >= 15 is 0 Å². The second kappa shape index (κ2) is 3.80. The van der Waals surface area contributed by atoms with Gasteiger partial charge in [-0.1, -0.05) is 29.3 Å². The zero-order valence-electron chi connectivity index (χ0n) is 9.13. The molecule has 4 heteroatoms. The van der Waals surface area contributed by atoms with E-state index in [1.54, 1.807) is 0 Å². The van der Waals surface area contributed by atoms with E-state index in [0.717, 1.165) is 30.2 Å². The van der Waals surface area contributed by atoms with Crippen LogP contribution >= 0.6 is 23.2 Å². The maximum atomic E-state index is 6.33. The highest BCUT2D eigenvalue weighted by Crippen LogP contribution is 2.43. The molecule has 1 N–H and O–H groups in total. The lowest BCUT2D eigenvalue weighted by molar-refractivity contribution is 0.430. The van der Waals surface area contributed by atoms with Crippen molar-refractivity contribution in [2.24, 2.45) is 0 Å². The minimum absolute atomic E-state index is 0.482. The Morgan fingerprint density at radius 3 is 2.94 bits per heavy atom. The largest absolute Gasteiger partial charge is 0.361 e. The number of nitrogens with zero attached hydrogens (tertiary/aromatic N) is 1. The summed E-state index contributed by atoms with van der Waals surface area (Å²) in [4.78, 5) is 2.43. The number of anilines is 1. The summed E-state index contributed by atoms with van der Waals surface area (Å²) in [6.45, 7) is 4.28. The van der Waals surface area contributed by atoms with Crippen LogP contribution in [0.4, 0.5) is 5.69 Å². The van der Waals surface area contributed by atoms with Crippen molar-refractivity contribution in [1.82, 2.24) is 5.32 Å². The molecule has 0 saturated carbocycles. The van der Waals surface area contributed by atoms with Crippen molar-refractivity contribution in [2.45, 2.75) is 25.4 Å². The van der Waals surface area contributed by atoms with Crippen molar-refractivity contribution >= 4 is 28.9 Å². The molecule has 0 bridgehead atoms. The maximum Gasteiger partial charge on any atom is 0.0828 e. The Morgan fingerprint density at radius 1 is 1.31 bits per heavy atom. The second-order valence-corrected chi connectivity index (χ2v) is 5.43. The summed E-state index contributed by atoms with van der Waals surface area (Å²) in [6.07, 6.45) is 1.07. The van der Waals surface area contributed by atoms with Crippen LogP contribution in [-0.4, -0.2) is 25.2 Å². The average molecular weight is 257 g/mol. The fraction of sp³-hybridized carbons (Fsp3) is 0.500. The van der Waals surface area contributed by atoms with Gasteiger partial charge in [-0.3, -0.25) is 0 Å². The van der Waals surface area contributed by atoms with Gasteiger partial charge in [-0.15, -0.1) is 0 Å². The van der Waals surface area contributed by atoms with Crippen LogP contribution in [0.25, 0.3) is 0 Å². The van der Waals surface area contributed by atoms with Gasteiger partial charge >= 0.3 is 0 Å². The van der Waals surface area contributed by atoms with Gasteiger partial charge in [-0.05, 0) is 25.0 Å². The molecule has 1 saturated heterocycles. The van der Waals surface area contributed by atoms with Gasteiger partial charge in [0, 0.05) is 25.2 Å². The van der Waals surface area contributed by atoms with Gasteiger partial charge in [-0.2, -0.15) is 0 Å². The molecular weight excluding hydrogens is 243 g/mol. The van der Waals surface area contributed by atoms with Crippen molar-refractivity contribution in [3.05, 3.63) is 27.7 Å². The fourth-order valence-corrected chi connectivity index (χ4v) is 3.30. The highest BCUT2D eigenvalue weighted by molar-refractivity contribution is 6.44. The van der Waals surface area contributed by atoms with Gasteiger partial charge in [0.15, 0.2) is 0 Å². The molecule has 0 aliphatic carbocycles. The van der Waals surface area contributed by atoms with Gasteiger partial charge in [-0.25, -0.2) is 0 Å². The minimum atomic E-state index is 0.482. The molecule has 0 spiro atoms. The normalized spacial score (nSPS) is 27.8. The van der Waals surface area contributed by atoms with E-state index in [-0.39, 0.29) is 0 Å².